The lowest BCUT2D eigenvalue weighted by molar-refractivity contribution is 0.424. The van der Waals surface area contributed by atoms with Gasteiger partial charge in [0.15, 0.2) is 0 Å². The van der Waals surface area contributed by atoms with Gasteiger partial charge in [0, 0.05) is 60.8 Å². The average molecular weight is 386 g/mol. The first-order valence-corrected chi connectivity index (χ1v) is 10.1. The number of benzene rings is 1. The number of rotatable bonds is 4. The van der Waals surface area contributed by atoms with E-state index in [0.717, 1.165) is 39.1 Å². The molecule has 27 heavy (non-hydrogen) atoms. The topological polar surface area (TPSA) is 35.5 Å². The summed E-state index contributed by atoms with van der Waals surface area (Å²) in [5.41, 5.74) is 3.10. The van der Waals surface area contributed by atoms with Gasteiger partial charge < -0.3 is 9.80 Å². The molecule has 0 spiro atoms. The minimum atomic E-state index is -0.463. The highest BCUT2D eigenvalue weighted by molar-refractivity contribution is 7.97. The molecular formula is C20H24FN5S. The van der Waals surface area contributed by atoms with Crippen molar-refractivity contribution in [2.45, 2.75) is 24.7 Å². The van der Waals surface area contributed by atoms with Crippen molar-refractivity contribution < 1.29 is 4.39 Å². The van der Waals surface area contributed by atoms with E-state index in [1.54, 1.807) is 18.9 Å². The molecule has 0 amide bonds. The zero-order valence-corrected chi connectivity index (χ0v) is 16.4. The fourth-order valence-corrected chi connectivity index (χ4v) is 4.42. The molecule has 1 aromatic carbocycles. The Hall–Kier alpha value is -2.12. The lowest BCUT2D eigenvalue weighted by Gasteiger charge is -2.33. The fourth-order valence-electron chi connectivity index (χ4n) is 3.52. The fraction of sp³-hybridized carbons (Fsp3) is 0.400. The first kappa shape index (κ1) is 18.3. The van der Waals surface area contributed by atoms with Crippen molar-refractivity contribution in [3.63, 3.8) is 0 Å². The van der Waals surface area contributed by atoms with E-state index in [2.05, 4.69) is 54.9 Å². The van der Waals surface area contributed by atoms with Crippen molar-refractivity contribution in [2.24, 2.45) is 0 Å². The number of aryl methyl sites for hydroxylation is 1. The monoisotopic (exact) mass is 385 g/mol. The molecule has 2 aliphatic rings. The second kappa shape index (κ2) is 7.86. The van der Waals surface area contributed by atoms with Crippen LogP contribution in [-0.2, 0) is 0 Å². The van der Waals surface area contributed by atoms with Gasteiger partial charge in [-0.15, -0.1) is 0 Å². The summed E-state index contributed by atoms with van der Waals surface area (Å²) in [6.07, 6.45) is 2.28. The van der Waals surface area contributed by atoms with Crippen LogP contribution in [0.1, 0.15) is 18.5 Å². The van der Waals surface area contributed by atoms with Crippen molar-refractivity contribution >= 4 is 23.6 Å². The zero-order chi connectivity index (χ0) is 18.8. The standard InChI is InChI=1S/C20H24FN5S/c1-15-14-19(21)23-20(22-15)24-10-12-25(13-11-24)27-18-7-5-17(6-8-18)26-9-3-4-16(26)2/h5-8,14H,2-4,9-13H2,1H3. The smallest absolute Gasteiger partial charge is 0.228 e. The van der Waals surface area contributed by atoms with Crippen molar-refractivity contribution in [1.29, 1.82) is 0 Å². The highest BCUT2D eigenvalue weighted by Gasteiger charge is 2.21. The first-order valence-electron chi connectivity index (χ1n) is 9.33. The van der Waals surface area contributed by atoms with Crippen molar-refractivity contribution in [3.8, 4) is 0 Å². The Morgan fingerprint density at radius 3 is 2.41 bits per heavy atom. The number of halogens is 1. The van der Waals surface area contributed by atoms with E-state index in [4.69, 9.17) is 0 Å². The third-order valence-electron chi connectivity index (χ3n) is 4.94. The van der Waals surface area contributed by atoms with Gasteiger partial charge in [-0.1, -0.05) is 6.58 Å². The van der Waals surface area contributed by atoms with E-state index < -0.39 is 5.95 Å². The third kappa shape index (κ3) is 4.25. The molecule has 0 aliphatic carbocycles. The van der Waals surface area contributed by atoms with Crippen LogP contribution in [0.5, 0.6) is 0 Å². The van der Waals surface area contributed by atoms with Gasteiger partial charge in [-0.25, -0.2) is 9.29 Å². The second-order valence-corrected chi connectivity index (χ2v) is 8.13. The highest BCUT2D eigenvalue weighted by Crippen LogP contribution is 2.30. The summed E-state index contributed by atoms with van der Waals surface area (Å²) in [5, 5.41) is 0. The molecule has 0 N–H and O–H groups in total. The molecule has 142 valence electrons. The molecule has 4 rings (SSSR count). The van der Waals surface area contributed by atoms with Crippen LogP contribution in [0.25, 0.3) is 0 Å². The number of piperazine rings is 1. The molecule has 5 nitrogen and oxygen atoms in total. The molecule has 2 fully saturated rings. The molecular weight excluding hydrogens is 361 g/mol. The van der Waals surface area contributed by atoms with Crippen LogP contribution in [0, 0.1) is 12.9 Å². The number of aromatic nitrogens is 2. The van der Waals surface area contributed by atoms with Gasteiger partial charge in [-0.05, 0) is 56.0 Å². The Kier molecular flexibility index (Phi) is 5.31. The Balaban J connectivity index is 1.33. The molecule has 2 aliphatic heterocycles. The highest BCUT2D eigenvalue weighted by atomic mass is 32.2. The van der Waals surface area contributed by atoms with Gasteiger partial charge in [0.2, 0.25) is 11.9 Å². The second-order valence-electron chi connectivity index (χ2n) is 6.95. The summed E-state index contributed by atoms with van der Waals surface area (Å²) >= 11 is 1.77. The van der Waals surface area contributed by atoms with Crippen molar-refractivity contribution in [3.05, 3.63) is 54.2 Å². The summed E-state index contributed by atoms with van der Waals surface area (Å²) in [4.78, 5) is 13.9. The number of nitrogens with zero attached hydrogens (tertiary/aromatic N) is 5. The van der Waals surface area contributed by atoms with Crippen molar-refractivity contribution in [1.82, 2.24) is 14.3 Å². The summed E-state index contributed by atoms with van der Waals surface area (Å²) in [6.45, 7) is 10.4. The van der Waals surface area contributed by atoms with Crippen LogP contribution in [0.3, 0.4) is 0 Å². The van der Waals surface area contributed by atoms with Gasteiger partial charge in [-0.2, -0.15) is 9.37 Å². The van der Waals surface area contributed by atoms with Crippen LogP contribution in [0.15, 0.2) is 47.5 Å². The Morgan fingerprint density at radius 2 is 1.78 bits per heavy atom. The van der Waals surface area contributed by atoms with Crippen LogP contribution < -0.4 is 9.80 Å². The van der Waals surface area contributed by atoms with E-state index >= 15 is 0 Å². The van der Waals surface area contributed by atoms with E-state index in [0.29, 0.717) is 11.6 Å². The summed E-state index contributed by atoms with van der Waals surface area (Å²) in [6, 6.07) is 10.1. The molecule has 0 atom stereocenters. The number of hydrogen-bond donors (Lipinski definition) is 0. The number of hydrogen-bond acceptors (Lipinski definition) is 6. The minimum absolute atomic E-state index is 0.463. The maximum absolute atomic E-state index is 13.5. The van der Waals surface area contributed by atoms with Crippen LogP contribution in [0.2, 0.25) is 0 Å². The van der Waals surface area contributed by atoms with E-state index in [-0.39, 0.29) is 0 Å². The van der Waals surface area contributed by atoms with E-state index in [9.17, 15) is 4.39 Å². The third-order valence-corrected chi connectivity index (χ3v) is 6.05. The lowest BCUT2D eigenvalue weighted by atomic mass is 10.3. The van der Waals surface area contributed by atoms with E-state index in [1.807, 2.05) is 0 Å². The van der Waals surface area contributed by atoms with Gasteiger partial charge in [0.05, 0.1) is 0 Å². The largest absolute Gasteiger partial charge is 0.346 e. The number of allylic oxidation sites excluding steroid dienone is 1. The molecule has 0 bridgehead atoms. The van der Waals surface area contributed by atoms with Crippen LogP contribution >= 0.6 is 11.9 Å². The van der Waals surface area contributed by atoms with Gasteiger partial charge >= 0.3 is 0 Å². The van der Waals surface area contributed by atoms with Gasteiger partial charge in [-0.3, -0.25) is 0 Å². The zero-order valence-electron chi connectivity index (χ0n) is 15.6. The summed E-state index contributed by atoms with van der Waals surface area (Å²) < 4.78 is 15.9. The molecule has 1 aromatic heterocycles. The summed E-state index contributed by atoms with van der Waals surface area (Å²) in [7, 11) is 0. The SMILES string of the molecule is C=C1CCCN1c1ccc(SN2CCN(c3nc(C)cc(F)n3)CC2)cc1. The molecule has 0 saturated carbocycles. The Morgan fingerprint density at radius 1 is 1.04 bits per heavy atom. The molecule has 3 heterocycles. The lowest BCUT2D eigenvalue weighted by Crippen LogP contribution is -2.44. The van der Waals surface area contributed by atoms with Gasteiger partial charge in [0.1, 0.15) is 0 Å². The van der Waals surface area contributed by atoms with Crippen LogP contribution in [0.4, 0.5) is 16.0 Å². The quantitative estimate of drug-likeness (QED) is 0.587. The van der Waals surface area contributed by atoms with E-state index in [1.165, 1.54) is 28.8 Å². The Labute approximate surface area is 164 Å². The normalized spacial score (nSPS) is 18.4. The summed E-state index contributed by atoms with van der Waals surface area (Å²) in [5.74, 6) is 0.0300. The van der Waals surface area contributed by atoms with Crippen LogP contribution in [-0.4, -0.2) is 47.0 Å². The predicted octanol–water partition coefficient (Wildman–Crippen LogP) is 3.87. The molecule has 7 heteroatoms. The average Bonchev–Trinajstić information content (AvgIpc) is 3.08. The first-order chi connectivity index (χ1) is 13.1. The maximum Gasteiger partial charge on any atom is 0.228 e. The maximum atomic E-state index is 13.5. The molecule has 2 saturated heterocycles. The van der Waals surface area contributed by atoms with Gasteiger partial charge in [0.25, 0.3) is 0 Å². The molecule has 2 aromatic rings. The predicted molar refractivity (Wildman–Crippen MR) is 109 cm³/mol. The Bertz CT molecular complexity index is 797. The number of anilines is 2. The molecule has 0 radical (unpaired) electrons. The molecule has 0 unspecified atom stereocenters. The minimum Gasteiger partial charge on any atom is -0.346 e. The van der Waals surface area contributed by atoms with Crippen molar-refractivity contribution in [2.75, 3.05) is 42.5 Å².